The first-order chi connectivity index (χ1) is 8.62. The zero-order chi connectivity index (χ0) is 15.1. The second kappa shape index (κ2) is 13.4. The molecule has 0 spiro atoms. The fraction of sp³-hybridized carbons (Fsp3) is 0.474. The Labute approximate surface area is 165 Å². The smallest absolute Gasteiger partial charge is 1.00 e. The molecule has 0 radical (unpaired) electrons. The van der Waals surface area contributed by atoms with E-state index in [2.05, 4.69) is 65.8 Å². The molecule has 0 aliphatic heterocycles. The molecule has 122 valence electrons. The van der Waals surface area contributed by atoms with Crippen LogP contribution in [-0.4, -0.2) is 0 Å². The predicted octanol–water partition coefficient (Wildman–Crippen LogP) is -0.361. The van der Waals surface area contributed by atoms with Gasteiger partial charge in [0.1, 0.15) is 0 Å². The van der Waals surface area contributed by atoms with Gasteiger partial charge in [-0.2, -0.15) is 41.5 Å². The summed E-state index contributed by atoms with van der Waals surface area (Å²) in [6.45, 7) is 20.2. The Morgan fingerprint density at radius 3 is 1.45 bits per heavy atom. The van der Waals surface area contributed by atoms with Crippen LogP contribution in [-0.2, 0) is 32.5 Å². The van der Waals surface area contributed by atoms with E-state index in [0.717, 1.165) is 0 Å². The molecule has 0 bridgehead atoms. The van der Waals surface area contributed by atoms with Crippen molar-refractivity contribution in [3.8, 4) is 0 Å². The second-order valence-corrected chi connectivity index (χ2v) is 6.70. The van der Waals surface area contributed by atoms with Crippen LogP contribution in [0.2, 0.25) is 0 Å². The van der Waals surface area contributed by atoms with Crippen LogP contribution in [0.3, 0.4) is 0 Å². The number of rotatable bonds is 1. The molecule has 0 aliphatic rings. The molecule has 3 heteroatoms. The van der Waals surface area contributed by atoms with Crippen LogP contribution in [0.4, 0.5) is 0 Å². The second-order valence-electron chi connectivity index (χ2n) is 6.70. The van der Waals surface area contributed by atoms with Gasteiger partial charge in [0.05, 0.1) is 0 Å². The molecule has 0 amide bonds. The van der Waals surface area contributed by atoms with Crippen LogP contribution in [0, 0.1) is 12.6 Å². The van der Waals surface area contributed by atoms with E-state index in [1.807, 2.05) is 13.0 Å². The van der Waals surface area contributed by atoms with Gasteiger partial charge in [0.15, 0.2) is 0 Å². The molecule has 0 heterocycles. The summed E-state index contributed by atoms with van der Waals surface area (Å²) in [5.41, 5.74) is 2.98. The zero-order valence-corrected chi connectivity index (χ0v) is 17.9. The minimum absolute atomic E-state index is 0. The maximum Gasteiger partial charge on any atom is 4.00 e. The first-order valence-corrected chi connectivity index (χ1v) is 6.82. The number of benzene rings is 1. The molecular formula is C19H28Cl2Ti. The number of hydrogen-bond donors (Lipinski definition) is 0. The third-order valence-electron chi connectivity index (χ3n) is 2.71. The summed E-state index contributed by atoms with van der Waals surface area (Å²) in [7, 11) is 0. The van der Waals surface area contributed by atoms with Gasteiger partial charge in [-0.15, -0.1) is 0 Å². The molecule has 0 atom stereocenters. The van der Waals surface area contributed by atoms with Gasteiger partial charge in [-0.05, 0) is 10.8 Å². The Balaban J connectivity index is -0.000000179. The Hall–Kier alpha value is -0.00571. The third kappa shape index (κ3) is 12.5. The fourth-order valence-electron chi connectivity index (χ4n) is 1.46. The van der Waals surface area contributed by atoms with E-state index in [1.54, 1.807) is 6.08 Å². The van der Waals surface area contributed by atoms with Crippen molar-refractivity contribution in [3.63, 3.8) is 0 Å². The summed E-state index contributed by atoms with van der Waals surface area (Å²) in [5.74, 6) is 0. The maximum atomic E-state index is 4.93. The summed E-state index contributed by atoms with van der Waals surface area (Å²) in [6, 6.07) is 9.98. The van der Waals surface area contributed by atoms with E-state index >= 15 is 0 Å². The molecule has 0 nitrogen and oxygen atoms in total. The van der Waals surface area contributed by atoms with Crippen LogP contribution < -0.4 is 24.8 Å². The van der Waals surface area contributed by atoms with Crippen LogP contribution in [0.5, 0.6) is 0 Å². The summed E-state index contributed by atoms with van der Waals surface area (Å²) >= 11 is 0. The van der Waals surface area contributed by atoms with E-state index in [-0.39, 0.29) is 57.4 Å². The van der Waals surface area contributed by atoms with E-state index in [1.165, 1.54) is 17.2 Å². The third-order valence-corrected chi connectivity index (χ3v) is 2.71. The van der Waals surface area contributed by atoms with Gasteiger partial charge in [0.25, 0.3) is 0 Å². The maximum absolute atomic E-state index is 4.93. The van der Waals surface area contributed by atoms with Crippen molar-refractivity contribution in [1.82, 2.24) is 0 Å². The Morgan fingerprint density at radius 1 is 0.909 bits per heavy atom. The summed E-state index contributed by atoms with van der Waals surface area (Å²) in [4.78, 5) is 0. The molecule has 1 aromatic carbocycles. The van der Waals surface area contributed by atoms with Crippen molar-refractivity contribution in [2.75, 3.05) is 0 Å². The SMILES string of the molecule is CC(C)(C)c1[c-]c(C(C)(C)C)ccc1.[CH-]=CC=CC.[Cl-].[Cl-].[Ti+4]. The van der Waals surface area contributed by atoms with E-state index < -0.39 is 0 Å². The topological polar surface area (TPSA) is 0 Å². The zero-order valence-electron chi connectivity index (χ0n) is 14.8. The molecule has 0 N–H and O–H groups in total. The predicted molar refractivity (Wildman–Crippen MR) is 86.4 cm³/mol. The number of allylic oxidation sites excluding steroid dienone is 3. The van der Waals surface area contributed by atoms with Gasteiger partial charge < -0.3 is 24.8 Å². The number of hydrogen-bond acceptors (Lipinski definition) is 0. The molecule has 22 heavy (non-hydrogen) atoms. The average Bonchev–Trinajstić information content (AvgIpc) is 2.29. The van der Waals surface area contributed by atoms with Crippen molar-refractivity contribution < 1.29 is 46.5 Å². The average molecular weight is 375 g/mol. The largest absolute Gasteiger partial charge is 4.00 e. The first kappa shape index (κ1) is 29.9. The van der Waals surface area contributed by atoms with Crippen LogP contribution in [0.1, 0.15) is 59.6 Å². The Morgan fingerprint density at radius 2 is 1.27 bits per heavy atom. The molecule has 0 saturated heterocycles. The normalized spacial score (nSPS) is 10.3. The van der Waals surface area contributed by atoms with Crippen LogP contribution in [0.25, 0.3) is 0 Å². The van der Waals surface area contributed by atoms with Crippen molar-refractivity contribution in [2.24, 2.45) is 0 Å². The Bertz CT molecular complexity index is 395. The van der Waals surface area contributed by atoms with Gasteiger partial charge in [-0.25, -0.2) is 12.2 Å². The molecule has 0 aliphatic carbocycles. The molecule has 1 rings (SSSR count). The molecule has 0 unspecified atom stereocenters. The van der Waals surface area contributed by atoms with Gasteiger partial charge in [-0.1, -0.05) is 48.5 Å². The summed E-state index contributed by atoms with van der Waals surface area (Å²) in [6.07, 6.45) is 5.15. The molecule has 0 aromatic heterocycles. The van der Waals surface area contributed by atoms with Crippen molar-refractivity contribution in [2.45, 2.75) is 59.3 Å². The van der Waals surface area contributed by atoms with Gasteiger partial charge in [0.2, 0.25) is 0 Å². The Kier molecular flexibility index (Phi) is 18.3. The van der Waals surface area contributed by atoms with Crippen LogP contribution >= 0.6 is 0 Å². The van der Waals surface area contributed by atoms with Gasteiger partial charge in [-0.3, -0.25) is 6.58 Å². The monoisotopic (exact) mass is 374 g/mol. The minimum Gasteiger partial charge on any atom is -1.00 e. The molecule has 1 aromatic rings. The molecular weight excluding hydrogens is 347 g/mol. The van der Waals surface area contributed by atoms with E-state index in [0.29, 0.717) is 0 Å². The summed E-state index contributed by atoms with van der Waals surface area (Å²) in [5, 5.41) is 0. The van der Waals surface area contributed by atoms with E-state index in [4.69, 9.17) is 6.58 Å². The summed E-state index contributed by atoms with van der Waals surface area (Å²) < 4.78 is 0. The minimum atomic E-state index is 0. The van der Waals surface area contributed by atoms with Crippen LogP contribution in [0.15, 0.2) is 36.4 Å². The van der Waals surface area contributed by atoms with Crippen molar-refractivity contribution in [3.05, 3.63) is 60.2 Å². The standard InChI is InChI=1S/C14H21.C5H7.2ClH.Ti/c1-13(2,3)11-8-7-9-12(10-11)14(4,5)6;1-3-5-4-2;;;/h7-9H,1-6H3;1,3-5H,2H3;2*1H;/q2*-1;;;+4/p-2. The van der Waals surface area contributed by atoms with E-state index in [9.17, 15) is 0 Å². The molecule has 0 fully saturated rings. The first-order valence-electron chi connectivity index (χ1n) is 6.82. The molecule has 0 saturated carbocycles. The van der Waals surface area contributed by atoms with Crippen molar-refractivity contribution in [1.29, 1.82) is 0 Å². The number of halogens is 2. The fourth-order valence-corrected chi connectivity index (χ4v) is 1.46. The van der Waals surface area contributed by atoms with Gasteiger partial charge in [0, 0.05) is 0 Å². The van der Waals surface area contributed by atoms with Gasteiger partial charge >= 0.3 is 21.7 Å². The van der Waals surface area contributed by atoms with Crippen molar-refractivity contribution >= 4 is 0 Å². The quantitative estimate of drug-likeness (QED) is 0.357.